The Kier molecular flexibility index (Phi) is 5.78. The first-order chi connectivity index (χ1) is 16.7. The van der Waals surface area contributed by atoms with Crippen molar-refractivity contribution >= 4 is 17.8 Å². The van der Waals surface area contributed by atoms with E-state index in [0.717, 1.165) is 37.3 Å². The fourth-order valence-corrected chi connectivity index (χ4v) is 5.42. The number of methoxy groups -OCH3 is 2. The second-order valence-electron chi connectivity index (χ2n) is 9.88. The van der Waals surface area contributed by atoms with E-state index >= 15 is 0 Å². The van der Waals surface area contributed by atoms with Crippen molar-refractivity contribution in [2.24, 2.45) is 0 Å². The number of aromatic amines is 1. The van der Waals surface area contributed by atoms with Gasteiger partial charge in [0.25, 0.3) is 5.91 Å². The van der Waals surface area contributed by atoms with Crippen LogP contribution in [0.25, 0.3) is 0 Å². The smallest absolute Gasteiger partial charge is 0.321 e. The first-order valence-electron chi connectivity index (χ1n) is 11.9. The van der Waals surface area contributed by atoms with E-state index in [1.165, 1.54) is 26.7 Å². The average molecular weight is 485 g/mol. The number of piperazine rings is 1. The Labute approximate surface area is 204 Å². The summed E-state index contributed by atoms with van der Waals surface area (Å²) in [7, 11) is 2.86. The minimum absolute atomic E-state index is 0.0150. The fraction of sp³-hybridized carbons (Fsp3) is 0.609. The highest BCUT2D eigenvalue weighted by Gasteiger charge is 2.47. The van der Waals surface area contributed by atoms with Gasteiger partial charge in [-0.3, -0.25) is 14.8 Å². The number of fused-ring (bicyclic) bond motifs is 2. The molecule has 2 fully saturated rings. The lowest BCUT2D eigenvalue weighted by Gasteiger charge is -2.45. The molecule has 12 heteroatoms. The van der Waals surface area contributed by atoms with E-state index in [2.05, 4.69) is 37.3 Å². The molecular weight excluding hydrogens is 452 g/mol. The molecule has 0 spiro atoms. The summed E-state index contributed by atoms with van der Waals surface area (Å²) in [5, 5.41) is 10.2. The number of anilines is 1. The number of rotatable bonds is 4. The standard InChI is InChI=1S/C23H32N8O4/c1-13-10-29-8-6-7-14(29)11-30(13)22(33)31-12-15-18(23(31,2)3)27-28-19(15)26-20(32)16-9-17(34-4)25-21(24-16)35-5/h9,13-14H,6-8,10-12H2,1-5H3,(H2,26,27,28,32)/t13-,14-/m0/s1. The number of hydrogen-bond donors (Lipinski definition) is 2. The quantitative estimate of drug-likeness (QED) is 0.672. The Bertz CT molecular complexity index is 1130. The van der Waals surface area contributed by atoms with E-state index in [0.29, 0.717) is 18.4 Å². The fourth-order valence-electron chi connectivity index (χ4n) is 5.42. The molecule has 2 aromatic rings. The lowest BCUT2D eigenvalue weighted by Crippen LogP contribution is -2.60. The molecule has 0 aliphatic carbocycles. The van der Waals surface area contributed by atoms with E-state index in [1.54, 1.807) is 0 Å². The zero-order valence-corrected chi connectivity index (χ0v) is 20.8. The summed E-state index contributed by atoms with van der Waals surface area (Å²) in [6, 6.07) is 2.05. The van der Waals surface area contributed by atoms with Crippen LogP contribution in [0, 0.1) is 0 Å². The van der Waals surface area contributed by atoms with E-state index in [-0.39, 0.29) is 29.7 Å². The SMILES string of the molecule is COc1cc(C(=O)Nc2n[nH]c3c2CN(C(=O)N2C[C@@H]4CCCN4C[C@@H]2C)C3(C)C)nc(OC)n1. The number of ether oxygens (including phenoxy) is 2. The zero-order valence-electron chi connectivity index (χ0n) is 20.8. The number of nitrogens with zero attached hydrogens (tertiary/aromatic N) is 6. The number of hydrogen-bond acceptors (Lipinski definition) is 8. The molecule has 3 aliphatic heterocycles. The third-order valence-corrected chi connectivity index (χ3v) is 7.42. The third-order valence-electron chi connectivity index (χ3n) is 7.42. The van der Waals surface area contributed by atoms with Crippen molar-refractivity contribution in [2.75, 3.05) is 39.2 Å². The number of carbonyl (C=O) groups excluding carboxylic acids is 2. The summed E-state index contributed by atoms with van der Waals surface area (Å²) in [5.41, 5.74) is 1.08. The van der Waals surface area contributed by atoms with Crippen LogP contribution in [-0.2, 0) is 12.1 Å². The van der Waals surface area contributed by atoms with Gasteiger partial charge < -0.3 is 24.6 Å². The van der Waals surface area contributed by atoms with Crippen molar-refractivity contribution in [3.8, 4) is 11.9 Å². The van der Waals surface area contributed by atoms with Crippen LogP contribution in [0.2, 0.25) is 0 Å². The molecule has 0 bridgehead atoms. The van der Waals surface area contributed by atoms with Crippen LogP contribution < -0.4 is 14.8 Å². The van der Waals surface area contributed by atoms with Gasteiger partial charge in [0, 0.05) is 36.8 Å². The number of H-pyrrole nitrogens is 1. The first-order valence-corrected chi connectivity index (χ1v) is 11.9. The molecule has 2 aromatic heterocycles. The monoisotopic (exact) mass is 484 g/mol. The largest absolute Gasteiger partial charge is 0.481 e. The van der Waals surface area contributed by atoms with Crippen LogP contribution in [0.4, 0.5) is 10.6 Å². The molecule has 0 saturated carbocycles. The van der Waals surface area contributed by atoms with Crippen molar-refractivity contribution in [3.63, 3.8) is 0 Å². The van der Waals surface area contributed by atoms with Crippen molar-refractivity contribution < 1.29 is 19.1 Å². The molecule has 35 heavy (non-hydrogen) atoms. The summed E-state index contributed by atoms with van der Waals surface area (Å²) >= 11 is 0. The molecule has 0 radical (unpaired) electrons. The van der Waals surface area contributed by atoms with Crippen LogP contribution in [0.5, 0.6) is 11.9 Å². The van der Waals surface area contributed by atoms with Gasteiger partial charge in [0.05, 0.1) is 32.0 Å². The van der Waals surface area contributed by atoms with Crippen molar-refractivity contribution in [2.45, 2.75) is 57.8 Å². The van der Waals surface area contributed by atoms with Gasteiger partial charge in [-0.1, -0.05) is 0 Å². The number of urea groups is 1. The lowest BCUT2D eigenvalue weighted by atomic mass is 10.0. The Balaban J connectivity index is 1.35. The predicted molar refractivity (Wildman–Crippen MR) is 126 cm³/mol. The summed E-state index contributed by atoms with van der Waals surface area (Å²) in [6.45, 7) is 9.24. The van der Waals surface area contributed by atoms with Gasteiger partial charge in [-0.05, 0) is 40.2 Å². The third kappa shape index (κ3) is 3.95. The van der Waals surface area contributed by atoms with E-state index in [9.17, 15) is 9.59 Å². The number of carbonyl (C=O) groups is 2. The van der Waals surface area contributed by atoms with E-state index in [1.807, 2.05) is 23.6 Å². The van der Waals surface area contributed by atoms with Gasteiger partial charge in [-0.2, -0.15) is 15.1 Å². The average Bonchev–Trinajstić information content (AvgIpc) is 3.53. The molecule has 5 heterocycles. The highest BCUT2D eigenvalue weighted by molar-refractivity contribution is 6.03. The molecular formula is C23H32N8O4. The van der Waals surface area contributed by atoms with E-state index in [4.69, 9.17) is 9.47 Å². The number of nitrogens with one attached hydrogen (secondary N) is 2. The Morgan fingerprint density at radius 3 is 2.74 bits per heavy atom. The predicted octanol–water partition coefficient (Wildman–Crippen LogP) is 1.81. The summed E-state index contributed by atoms with van der Waals surface area (Å²) < 4.78 is 10.2. The van der Waals surface area contributed by atoms with Gasteiger partial charge in [0.1, 0.15) is 5.69 Å². The van der Waals surface area contributed by atoms with Crippen LogP contribution >= 0.6 is 0 Å². The maximum Gasteiger partial charge on any atom is 0.321 e. The van der Waals surface area contributed by atoms with Crippen LogP contribution in [0.3, 0.4) is 0 Å². The topological polar surface area (TPSA) is 129 Å². The molecule has 0 aromatic carbocycles. The van der Waals surface area contributed by atoms with Crippen molar-refractivity contribution in [3.05, 3.63) is 23.0 Å². The summed E-state index contributed by atoms with van der Waals surface area (Å²) in [4.78, 5) is 41.2. The van der Waals surface area contributed by atoms with Crippen LogP contribution in [0.1, 0.15) is 55.4 Å². The highest BCUT2D eigenvalue weighted by atomic mass is 16.5. The minimum Gasteiger partial charge on any atom is -0.481 e. The van der Waals surface area contributed by atoms with Gasteiger partial charge in [0.15, 0.2) is 5.82 Å². The second-order valence-corrected chi connectivity index (χ2v) is 9.88. The molecule has 2 saturated heterocycles. The molecule has 3 amide bonds. The molecule has 2 N–H and O–H groups in total. The minimum atomic E-state index is -0.601. The van der Waals surface area contributed by atoms with Crippen molar-refractivity contribution in [1.29, 1.82) is 0 Å². The lowest BCUT2D eigenvalue weighted by molar-refractivity contribution is 0.0454. The molecule has 0 unspecified atom stereocenters. The van der Waals surface area contributed by atoms with Crippen molar-refractivity contribution in [1.82, 2.24) is 34.9 Å². The Hall–Kier alpha value is -3.41. The number of amides is 3. The Morgan fingerprint density at radius 1 is 1.20 bits per heavy atom. The first kappa shape index (κ1) is 23.3. The summed E-state index contributed by atoms with van der Waals surface area (Å²) in [6.07, 6.45) is 2.33. The van der Waals surface area contributed by atoms with Gasteiger partial charge in [-0.15, -0.1) is 0 Å². The highest BCUT2D eigenvalue weighted by Crippen LogP contribution is 2.41. The van der Waals surface area contributed by atoms with Gasteiger partial charge in [-0.25, -0.2) is 4.79 Å². The van der Waals surface area contributed by atoms with Crippen LogP contribution in [-0.4, -0.2) is 92.7 Å². The molecule has 3 aliphatic rings. The normalized spacial score (nSPS) is 23.1. The Morgan fingerprint density at radius 2 is 2.00 bits per heavy atom. The second kappa shape index (κ2) is 8.67. The molecule has 5 rings (SSSR count). The molecule has 12 nitrogen and oxygen atoms in total. The van der Waals surface area contributed by atoms with E-state index < -0.39 is 11.4 Å². The molecule has 188 valence electrons. The zero-order chi connectivity index (χ0) is 24.9. The summed E-state index contributed by atoms with van der Waals surface area (Å²) in [5.74, 6) is 0.106. The molecule has 2 atom stereocenters. The number of aromatic nitrogens is 4. The van der Waals surface area contributed by atoms with Crippen LogP contribution in [0.15, 0.2) is 6.07 Å². The van der Waals surface area contributed by atoms with Gasteiger partial charge >= 0.3 is 12.0 Å². The van der Waals surface area contributed by atoms with Gasteiger partial charge in [0.2, 0.25) is 5.88 Å². The maximum atomic E-state index is 13.7. The maximum absolute atomic E-state index is 13.7.